The van der Waals surface area contributed by atoms with Crippen molar-refractivity contribution in [3.63, 3.8) is 0 Å². The number of ether oxygens (including phenoxy) is 2. The third-order valence-electron chi connectivity index (χ3n) is 4.25. The molecule has 2 atom stereocenters. The molecular formula is C15H24N2O2. The predicted molar refractivity (Wildman–Crippen MR) is 76.1 cm³/mol. The molecule has 0 radical (unpaired) electrons. The zero-order chi connectivity index (χ0) is 14.0. The first-order valence-electron chi connectivity index (χ1n) is 6.77. The second-order valence-electron chi connectivity index (χ2n) is 5.49. The van der Waals surface area contributed by atoms with E-state index in [1.807, 2.05) is 0 Å². The SMILES string of the molecule is COc1c(C(NN)C2(C)CCCO2)ccc(C)c1C. The first-order valence-corrected chi connectivity index (χ1v) is 6.77. The van der Waals surface area contributed by atoms with E-state index < -0.39 is 0 Å². The van der Waals surface area contributed by atoms with E-state index in [2.05, 4.69) is 38.3 Å². The van der Waals surface area contributed by atoms with Crippen molar-refractivity contribution in [2.45, 2.75) is 45.3 Å². The third kappa shape index (κ3) is 2.48. The molecule has 4 nitrogen and oxygen atoms in total. The lowest BCUT2D eigenvalue weighted by Crippen LogP contribution is -2.44. The molecule has 0 spiro atoms. The van der Waals surface area contributed by atoms with Crippen LogP contribution in [0.1, 0.15) is 42.5 Å². The molecule has 1 heterocycles. The van der Waals surface area contributed by atoms with Gasteiger partial charge in [0.2, 0.25) is 0 Å². The van der Waals surface area contributed by atoms with Gasteiger partial charge in [0.25, 0.3) is 0 Å². The molecule has 1 aromatic carbocycles. The van der Waals surface area contributed by atoms with E-state index in [-0.39, 0.29) is 11.6 Å². The van der Waals surface area contributed by atoms with E-state index in [1.54, 1.807) is 7.11 Å². The summed E-state index contributed by atoms with van der Waals surface area (Å²) in [5.41, 5.74) is 6.08. The predicted octanol–water partition coefficient (Wildman–Crippen LogP) is 2.39. The van der Waals surface area contributed by atoms with Crippen LogP contribution in [0.2, 0.25) is 0 Å². The Kier molecular flexibility index (Phi) is 4.13. The van der Waals surface area contributed by atoms with Crippen molar-refractivity contribution in [2.24, 2.45) is 5.84 Å². The zero-order valence-electron chi connectivity index (χ0n) is 12.2. The number of benzene rings is 1. The number of nitrogens with one attached hydrogen (secondary N) is 1. The molecule has 0 bridgehead atoms. The fraction of sp³-hybridized carbons (Fsp3) is 0.600. The highest BCUT2D eigenvalue weighted by atomic mass is 16.5. The highest BCUT2D eigenvalue weighted by molar-refractivity contribution is 5.47. The van der Waals surface area contributed by atoms with E-state index in [1.165, 1.54) is 5.56 Å². The minimum Gasteiger partial charge on any atom is -0.496 e. The Balaban J connectivity index is 2.46. The number of methoxy groups -OCH3 is 1. The van der Waals surface area contributed by atoms with Crippen molar-refractivity contribution in [3.05, 3.63) is 28.8 Å². The average molecular weight is 264 g/mol. The Bertz CT molecular complexity index is 454. The van der Waals surface area contributed by atoms with Crippen LogP contribution in [0.5, 0.6) is 5.75 Å². The average Bonchev–Trinajstić information content (AvgIpc) is 2.82. The number of hydrogen-bond acceptors (Lipinski definition) is 4. The quantitative estimate of drug-likeness (QED) is 0.647. The lowest BCUT2D eigenvalue weighted by atomic mass is 9.86. The Morgan fingerprint density at radius 1 is 1.42 bits per heavy atom. The first kappa shape index (κ1) is 14.3. The summed E-state index contributed by atoms with van der Waals surface area (Å²) in [6, 6.07) is 4.12. The topological polar surface area (TPSA) is 56.5 Å². The van der Waals surface area contributed by atoms with E-state index in [0.29, 0.717) is 0 Å². The summed E-state index contributed by atoms with van der Waals surface area (Å²) in [4.78, 5) is 0. The Labute approximate surface area is 115 Å². The summed E-state index contributed by atoms with van der Waals surface area (Å²) in [6.07, 6.45) is 2.07. The largest absolute Gasteiger partial charge is 0.496 e. The van der Waals surface area contributed by atoms with Crippen molar-refractivity contribution < 1.29 is 9.47 Å². The number of hydrazine groups is 1. The number of hydrogen-bond donors (Lipinski definition) is 2. The summed E-state index contributed by atoms with van der Waals surface area (Å²) in [7, 11) is 1.71. The standard InChI is InChI=1S/C15H24N2O2/c1-10-6-7-12(13(18-4)11(10)2)14(17-16)15(3)8-5-9-19-15/h6-7,14,17H,5,8-9,16H2,1-4H3. The van der Waals surface area contributed by atoms with Crippen LogP contribution in [-0.2, 0) is 4.74 Å². The molecule has 1 fully saturated rings. The molecule has 106 valence electrons. The molecule has 19 heavy (non-hydrogen) atoms. The Morgan fingerprint density at radius 2 is 2.16 bits per heavy atom. The summed E-state index contributed by atoms with van der Waals surface area (Å²) in [5.74, 6) is 6.70. The van der Waals surface area contributed by atoms with Gasteiger partial charge in [0, 0.05) is 12.2 Å². The Morgan fingerprint density at radius 3 is 2.68 bits per heavy atom. The zero-order valence-corrected chi connectivity index (χ0v) is 12.2. The number of nitrogens with two attached hydrogens (primary N) is 1. The normalized spacial score (nSPS) is 24.5. The second-order valence-corrected chi connectivity index (χ2v) is 5.49. The van der Waals surface area contributed by atoms with Gasteiger partial charge < -0.3 is 9.47 Å². The molecule has 0 amide bonds. The van der Waals surface area contributed by atoms with Crippen LogP contribution < -0.4 is 16.0 Å². The van der Waals surface area contributed by atoms with Crippen molar-refractivity contribution >= 4 is 0 Å². The molecule has 2 unspecified atom stereocenters. The fourth-order valence-corrected chi connectivity index (χ4v) is 2.93. The maximum Gasteiger partial charge on any atom is 0.126 e. The molecular weight excluding hydrogens is 240 g/mol. The van der Waals surface area contributed by atoms with Gasteiger partial charge in [0.05, 0.1) is 18.8 Å². The van der Waals surface area contributed by atoms with Crippen LogP contribution in [0.25, 0.3) is 0 Å². The minimum absolute atomic E-state index is 0.0655. The first-order chi connectivity index (χ1) is 9.03. The molecule has 3 N–H and O–H groups in total. The number of aryl methyl sites for hydroxylation is 1. The smallest absolute Gasteiger partial charge is 0.126 e. The van der Waals surface area contributed by atoms with Crippen LogP contribution in [0, 0.1) is 13.8 Å². The monoisotopic (exact) mass is 264 g/mol. The summed E-state index contributed by atoms with van der Waals surface area (Å²) in [5, 5.41) is 0. The number of rotatable bonds is 4. The van der Waals surface area contributed by atoms with Crippen molar-refractivity contribution in [3.8, 4) is 5.75 Å². The molecule has 0 aliphatic carbocycles. The van der Waals surface area contributed by atoms with Crippen molar-refractivity contribution in [1.82, 2.24) is 5.43 Å². The lowest BCUT2D eigenvalue weighted by molar-refractivity contribution is -0.0131. The molecule has 0 saturated carbocycles. The molecule has 1 aliphatic rings. The molecule has 2 rings (SSSR count). The van der Waals surface area contributed by atoms with Gasteiger partial charge in [0.1, 0.15) is 5.75 Å². The van der Waals surface area contributed by atoms with Crippen LogP contribution >= 0.6 is 0 Å². The summed E-state index contributed by atoms with van der Waals surface area (Å²) in [6.45, 7) is 7.06. The summed E-state index contributed by atoms with van der Waals surface area (Å²) < 4.78 is 11.5. The van der Waals surface area contributed by atoms with E-state index in [0.717, 1.165) is 36.3 Å². The van der Waals surface area contributed by atoms with Gasteiger partial charge in [-0.05, 0) is 44.7 Å². The van der Waals surface area contributed by atoms with E-state index >= 15 is 0 Å². The van der Waals surface area contributed by atoms with E-state index in [4.69, 9.17) is 15.3 Å². The minimum atomic E-state index is -0.274. The highest BCUT2D eigenvalue weighted by Crippen LogP contribution is 2.41. The summed E-state index contributed by atoms with van der Waals surface area (Å²) >= 11 is 0. The van der Waals surface area contributed by atoms with Gasteiger partial charge in [-0.3, -0.25) is 5.84 Å². The van der Waals surface area contributed by atoms with Crippen LogP contribution in [-0.4, -0.2) is 19.3 Å². The molecule has 4 heteroatoms. The van der Waals surface area contributed by atoms with Gasteiger partial charge >= 0.3 is 0 Å². The van der Waals surface area contributed by atoms with Gasteiger partial charge in [-0.2, -0.15) is 0 Å². The van der Waals surface area contributed by atoms with E-state index in [9.17, 15) is 0 Å². The lowest BCUT2D eigenvalue weighted by Gasteiger charge is -2.34. The Hall–Kier alpha value is -1.10. The second kappa shape index (κ2) is 5.49. The maximum absolute atomic E-state index is 5.92. The van der Waals surface area contributed by atoms with Gasteiger partial charge in [-0.25, -0.2) is 5.43 Å². The molecule has 1 aromatic rings. The van der Waals surface area contributed by atoms with Crippen molar-refractivity contribution in [2.75, 3.05) is 13.7 Å². The van der Waals surface area contributed by atoms with Gasteiger partial charge in [-0.1, -0.05) is 12.1 Å². The van der Waals surface area contributed by atoms with Crippen LogP contribution in [0.15, 0.2) is 12.1 Å². The molecule has 1 aliphatic heterocycles. The highest BCUT2D eigenvalue weighted by Gasteiger charge is 2.40. The van der Waals surface area contributed by atoms with Gasteiger partial charge in [-0.15, -0.1) is 0 Å². The van der Waals surface area contributed by atoms with Gasteiger partial charge in [0.15, 0.2) is 0 Å². The molecule has 1 saturated heterocycles. The fourth-order valence-electron chi connectivity index (χ4n) is 2.93. The van der Waals surface area contributed by atoms with Crippen molar-refractivity contribution in [1.29, 1.82) is 0 Å². The van der Waals surface area contributed by atoms with Crippen LogP contribution in [0.3, 0.4) is 0 Å². The maximum atomic E-state index is 5.92. The third-order valence-corrected chi connectivity index (χ3v) is 4.25. The molecule has 0 aromatic heterocycles. The van der Waals surface area contributed by atoms with Crippen LogP contribution in [0.4, 0.5) is 0 Å².